The third kappa shape index (κ3) is 4.82. The quantitative estimate of drug-likeness (QED) is 0.215. The van der Waals surface area contributed by atoms with Crippen molar-refractivity contribution in [3.63, 3.8) is 0 Å². The Hall–Kier alpha value is -4.84. The zero-order chi connectivity index (χ0) is 25.8. The van der Waals surface area contributed by atoms with Crippen LogP contribution < -0.4 is 9.64 Å². The van der Waals surface area contributed by atoms with Gasteiger partial charge in [-0.05, 0) is 61.0 Å². The van der Waals surface area contributed by atoms with Crippen LogP contribution in [0.25, 0.3) is 23.1 Å². The van der Waals surface area contributed by atoms with E-state index in [2.05, 4.69) is 0 Å². The highest BCUT2D eigenvalue weighted by Crippen LogP contribution is 2.39. The van der Waals surface area contributed by atoms with Gasteiger partial charge in [0, 0.05) is 11.1 Å². The van der Waals surface area contributed by atoms with E-state index in [1.54, 1.807) is 49.3 Å². The van der Waals surface area contributed by atoms with E-state index in [-0.39, 0.29) is 11.9 Å². The molecule has 0 saturated heterocycles. The minimum atomic E-state index is -0.362. The molecule has 0 radical (unpaired) electrons. The molecule has 4 aromatic rings. The van der Waals surface area contributed by atoms with Crippen molar-refractivity contribution in [1.29, 1.82) is 0 Å². The molecule has 0 atom stereocenters. The van der Waals surface area contributed by atoms with E-state index in [1.807, 2.05) is 72.8 Å². The lowest BCUT2D eigenvalue weighted by Gasteiger charge is -2.22. The Balaban J connectivity index is 1.48. The number of furan rings is 1. The molecule has 37 heavy (non-hydrogen) atoms. The molecule has 0 N–H and O–H groups in total. The Morgan fingerprint density at radius 1 is 0.892 bits per heavy atom. The fourth-order valence-corrected chi connectivity index (χ4v) is 4.21. The van der Waals surface area contributed by atoms with Crippen LogP contribution in [0, 0.1) is 0 Å². The van der Waals surface area contributed by atoms with Gasteiger partial charge >= 0.3 is 5.97 Å². The molecule has 1 aliphatic heterocycles. The topological polar surface area (TPSA) is 69.0 Å². The summed E-state index contributed by atoms with van der Waals surface area (Å²) in [5.41, 5.74) is 4.10. The van der Waals surface area contributed by atoms with Gasteiger partial charge < -0.3 is 13.9 Å². The van der Waals surface area contributed by atoms with Crippen molar-refractivity contribution in [3.05, 3.63) is 120 Å². The van der Waals surface area contributed by atoms with Gasteiger partial charge in [-0.3, -0.25) is 9.69 Å². The molecule has 0 aliphatic carbocycles. The van der Waals surface area contributed by atoms with Crippen molar-refractivity contribution in [2.75, 3.05) is 18.6 Å². The van der Waals surface area contributed by atoms with Gasteiger partial charge in [0.2, 0.25) is 0 Å². The molecule has 0 spiro atoms. The number of carbonyl (C=O) groups is 2. The average Bonchev–Trinajstić information content (AvgIpc) is 3.54. The number of rotatable bonds is 7. The second-order valence-corrected chi connectivity index (χ2v) is 8.31. The Morgan fingerprint density at radius 2 is 1.62 bits per heavy atom. The number of para-hydroxylation sites is 2. The van der Waals surface area contributed by atoms with Gasteiger partial charge in [0.25, 0.3) is 5.91 Å². The van der Waals surface area contributed by atoms with Gasteiger partial charge in [0.05, 0.1) is 30.7 Å². The Labute approximate surface area is 215 Å². The predicted octanol–water partition coefficient (Wildman–Crippen LogP) is 6.60. The van der Waals surface area contributed by atoms with Crippen LogP contribution in [0.2, 0.25) is 0 Å². The zero-order valence-electron chi connectivity index (χ0n) is 20.5. The van der Waals surface area contributed by atoms with Gasteiger partial charge in [-0.2, -0.15) is 0 Å². The summed E-state index contributed by atoms with van der Waals surface area (Å²) in [6.45, 7) is 2.10. The first-order valence-electron chi connectivity index (χ1n) is 11.9. The molecule has 5 rings (SSSR count). The summed E-state index contributed by atoms with van der Waals surface area (Å²) < 4.78 is 16.6. The van der Waals surface area contributed by atoms with E-state index in [1.165, 1.54) is 0 Å². The first-order valence-corrected chi connectivity index (χ1v) is 11.9. The van der Waals surface area contributed by atoms with Crippen LogP contribution in [0.3, 0.4) is 0 Å². The molecule has 0 saturated carbocycles. The van der Waals surface area contributed by atoms with Gasteiger partial charge in [0.1, 0.15) is 17.3 Å². The summed E-state index contributed by atoms with van der Waals surface area (Å²) in [5, 5.41) is 0. The maximum absolute atomic E-state index is 13.7. The summed E-state index contributed by atoms with van der Waals surface area (Å²) in [6.07, 6.45) is 3.59. The first-order chi connectivity index (χ1) is 18.1. The van der Waals surface area contributed by atoms with Gasteiger partial charge in [-0.15, -0.1) is 0 Å². The second-order valence-electron chi connectivity index (χ2n) is 8.31. The van der Waals surface area contributed by atoms with Crippen molar-refractivity contribution >= 4 is 29.3 Å². The molecule has 3 aromatic carbocycles. The van der Waals surface area contributed by atoms with Crippen LogP contribution in [0.5, 0.6) is 5.75 Å². The molecule has 1 aromatic heterocycles. The lowest BCUT2D eigenvalue weighted by Crippen LogP contribution is -2.25. The molecular weight excluding hydrogens is 466 g/mol. The molecule has 1 amide bonds. The Bertz CT molecular complexity index is 1500. The molecule has 6 nitrogen and oxygen atoms in total. The smallest absolute Gasteiger partial charge is 0.338 e. The van der Waals surface area contributed by atoms with Crippen LogP contribution >= 0.6 is 0 Å². The predicted molar refractivity (Wildman–Crippen MR) is 143 cm³/mol. The summed E-state index contributed by atoms with van der Waals surface area (Å²) in [7, 11) is 1.59. The lowest BCUT2D eigenvalue weighted by atomic mass is 10.1. The summed E-state index contributed by atoms with van der Waals surface area (Å²) >= 11 is 0. The van der Waals surface area contributed by atoms with Crippen molar-refractivity contribution in [2.24, 2.45) is 0 Å². The van der Waals surface area contributed by atoms with E-state index in [0.717, 1.165) is 16.8 Å². The van der Waals surface area contributed by atoms with Crippen molar-refractivity contribution in [1.82, 2.24) is 0 Å². The molecular formula is C31H25NO5. The lowest BCUT2D eigenvalue weighted by molar-refractivity contribution is -0.113. The van der Waals surface area contributed by atoms with Crippen molar-refractivity contribution < 1.29 is 23.5 Å². The number of amides is 1. The third-order valence-electron chi connectivity index (χ3n) is 5.98. The molecule has 0 bridgehead atoms. The molecule has 2 heterocycles. The van der Waals surface area contributed by atoms with Gasteiger partial charge in [-0.1, -0.05) is 54.6 Å². The zero-order valence-corrected chi connectivity index (χ0v) is 20.5. The van der Waals surface area contributed by atoms with Crippen LogP contribution in [0.15, 0.2) is 107 Å². The van der Waals surface area contributed by atoms with E-state index < -0.39 is 0 Å². The first kappa shape index (κ1) is 23.9. The highest BCUT2D eigenvalue weighted by Gasteiger charge is 2.32. The van der Waals surface area contributed by atoms with E-state index >= 15 is 0 Å². The maximum atomic E-state index is 13.7. The second kappa shape index (κ2) is 10.4. The van der Waals surface area contributed by atoms with Crippen LogP contribution in [0.4, 0.5) is 5.69 Å². The molecule has 0 unspecified atom stereocenters. The number of ether oxygens (including phenoxy) is 2. The fraction of sp³-hybridized carbons (Fsp3) is 0.0968. The Morgan fingerprint density at radius 3 is 2.35 bits per heavy atom. The number of methoxy groups -OCH3 is 1. The molecule has 184 valence electrons. The number of benzene rings is 3. The van der Waals surface area contributed by atoms with E-state index in [4.69, 9.17) is 13.9 Å². The third-order valence-corrected chi connectivity index (χ3v) is 5.98. The number of hydrogen-bond acceptors (Lipinski definition) is 5. The largest absolute Gasteiger partial charge is 0.495 e. The minimum absolute atomic E-state index is 0.180. The van der Waals surface area contributed by atoms with Gasteiger partial charge in [0.15, 0.2) is 0 Å². The maximum Gasteiger partial charge on any atom is 0.338 e. The van der Waals surface area contributed by atoms with Crippen molar-refractivity contribution in [2.45, 2.75) is 6.92 Å². The number of carbonyl (C=O) groups excluding carboxylic acids is 2. The van der Waals surface area contributed by atoms with E-state index in [0.29, 0.717) is 40.7 Å². The number of nitrogens with zero attached hydrogens (tertiary/aromatic N) is 1. The number of esters is 1. The van der Waals surface area contributed by atoms with Crippen LogP contribution in [0.1, 0.15) is 28.6 Å². The summed E-state index contributed by atoms with van der Waals surface area (Å²) in [6, 6.07) is 27.9. The van der Waals surface area contributed by atoms with Crippen LogP contribution in [-0.4, -0.2) is 25.6 Å². The summed E-state index contributed by atoms with van der Waals surface area (Å²) in [5.74, 6) is 1.23. The fourth-order valence-electron chi connectivity index (χ4n) is 4.21. The number of hydrogen-bond donors (Lipinski definition) is 0. The monoisotopic (exact) mass is 491 g/mol. The highest BCUT2D eigenvalue weighted by molar-refractivity contribution is 6.23. The molecule has 0 fully saturated rings. The normalized spacial score (nSPS) is 14.1. The van der Waals surface area contributed by atoms with Crippen LogP contribution in [-0.2, 0) is 9.53 Å². The average molecular weight is 492 g/mol. The highest BCUT2D eigenvalue weighted by atomic mass is 16.5. The molecule has 6 heteroatoms. The Kier molecular flexibility index (Phi) is 6.72. The molecule has 1 aliphatic rings. The number of anilines is 1. The standard InChI is InChI=1S/C31H25NO5/c1-3-36-31(34)23-15-13-22(14-16-23)28-18-17-25(37-28)19-24-20-27(21-9-5-4-6-10-21)32(30(24)33)26-11-7-8-12-29(26)35-2/h4-20H,3H2,1-2H3/b24-19+. The summed E-state index contributed by atoms with van der Waals surface area (Å²) in [4.78, 5) is 27.2. The van der Waals surface area contributed by atoms with E-state index in [9.17, 15) is 9.59 Å². The minimum Gasteiger partial charge on any atom is -0.495 e. The van der Waals surface area contributed by atoms with Gasteiger partial charge in [-0.25, -0.2) is 4.79 Å². The van der Waals surface area contributed by atoms with Crippen molar-refractivity contribution in [3.8, 4) is 17.1 Å². The SMILES string of the molecule is CCOC(=O)c1ccc(-c2ccc(/C=C3\C=C(c4ccccc4)N(c4ccccc4OC)C3=O)o2)cc1.